The molecule has 0 amide bonds. The highest BCUT2D eigenvalue weighted by Crippen LogP contribution is 2.23. The van der Waals surface area contributed by atoms with Gasteiger partial charge in [-0.05, 0) is 12.1 Å². The highest BCUT2D eigenvalue weighted by molar-refractivity contribution is 8.10. The molecule has 1 rings (SSSR count). The number of benzene rings is 1. The first-order valence-electron chi connectivity index (χ1n) is 3.54. The van der Waals surface area contributed by atoms with Crippen molar-refractivity contribution < 1.29 is 25.2 Å². The molecule has 0 aromatic heterocycles. The highest BCUT2D eigenvalue weighted by Gasteiger charge is 2.11. The van der Waals surface area contributed by atoms with Crippen LogP contribution >= 0.6 is 21.4 Å². The van der Waals surface area contributed by atoms with Crippen LogP contribution in [0.25, 0.3) is 0 Å². The molecule has 10 heteroatoms. The van der Waals surface area contributed by atoms with E-state index in [0.717, 1.165) is 6.07 Å². The molecule has 0 spiro atoms. The molecule has 6 nitrogen and oxygen atoms in total. The van der Waals surface area contributed by atoms with E-state index < -0.39 is 18.7 Å². The maximum absolute atomic E-state index is 10.6. The van der Waals surface area contributed by atoms with Crippen LogP contribution in [0.5, 0.6) is 11.5 Å². The van der Waals surface area contributed by atoms with Crippen LogP contribution in [0.4, 0.5) is 0 Å². The predicted molar refractivity (Wildman–Crippen MR) is 57.2 cm³/mol. The van der Waals surface area contributed by atoms with Crippen molar-refractivity contribution in [3.63, 3.8) is 0 Å². The lowest BCUT2D eigenvalue weighted by molar-refractivity contribution is 0.493. The Balaban J connectivity index is 2.96. The van der Waals surface area contributed by atoms with Crippen molar-refractivity contribution in [3.8, 4) is 11.5 Å². The third-order valence-corrected chi connectivity index (χ3v) is 2.36. The van der Waals surface area contributed by atoms with Gasteiger partial charge in [0.15, 0.2) is 0 Å². The van der Waals surface area contributed by atoms with E-state index in [0.29, 0.717) is 0 Å². The lowest BCUT2D eigenvalue weighted by Gasteiger charge is -2.03. The first-order valence-corrected chi connectivity index (χ1v) is 8.01. The molecule has 0 radical (unpaired) electrons. The van der Waals surface area contributed by atoms with Gasteiger partial charge in [0.05, 0.1) is 21.4 Å². The second-order valence-electron chi connectivity index (χ2n) is 2.43. The molecule has 0 saturated heterocycles. The van der Waals surface area contributed by atoms with Gasteiger partial charge in [-0.1, -0.05) is 6.07 Å². The molecule has 0 aliphatic heterocycles. The van der Waals surface area contributed by atoms with Gasteiger partial charge in [0.1, 0.15) is 11.5 Å². The lowest BCUT2D eigenvalue weighted by Crippen LogP contribution is -2.02. The van der Waals surface area contributed by atoms with Gasteiger partial charge in [-0.15, -0.1) is 0 Å². The summed E-state index contributed by atoms with van der Waals surface area (Å²) in [6.45, 7) is 0. The molecule has 0 N–H and O–H groups in total. The van der Waals surface area contributed by atoms with Crippen molar-refractivity contribution in [1.82, 2.24) is 0 Å². The fourth-order valence-electron chi connectivity index (χ4n) is 0.808. The van der Waals surface area contributed by atoms with E-state index in [1.807, 2.05) is 0 Å². The highest BCUT2D eigenvalue weighted by atomic mass is 35.7. The van der Waals surface area contributed by atoms with E-state index in [9.17, 15) is 16.8 Å². The lowest BCUT2D eigenvalue weighted by atomic mass is 10.3. The van der Waals surface area contributed by atoms with Gasteiger partial charge < -0.3 is 8.37 Å². The molecular weight excluding hydrogens is 303 g/mol. The van der Waals surface area contributed by atoms with E-state index in [4.69, 9.17) is 21.4 Å². The zero-order valence-corrected chi connectivity index (χ0v) is 10.5. The van der Waals surface area contributed by atoms with Crippen molar-refractivity contribution in [2.45, 2.75) is 0 Å². The maximum Gasteiger partial charge on any atom is 0.401 e. The molecule has 0 bridgehead atoms. The van der Waals surface area contributed by atoms with Crippen LogP contribution in [-0.2, 0) is 18.7 Å². The monoisotopic (exact) mass is 306 g/mol. The van der Waals surface area contributed by atoms with Gasteiger partial charge in [-0.25, -0.2) is 0 Å². The molecule has 0 aliphatic carbocycles. The van der Waals surface area contributed by atoms with E-state index >= 15 is 0 Å². The molecule has 0 atom stereocenters. The zero-order valence-electron chi connectivity index (χ0n) is 7.33. The van der Waals surface area contributed by atoms with Gasteiger partial charge in [0, 0.05) is 6.07 Å². The first kappa shape index (κ1) is 13.4. The molecular formula is C6H4Cl2O6S2. The van der Waals surface area contributed by atoms with Crippen molar-refractivity contribution in [2.75, 3.05) is 0 Å². The average molecular weight is 307 g/mol. The van der Waals surface area contributed by atoms with Gasteiger partial charge in [0.25, 0.3) is 0 Å². The third kappa shape index (κ3) is 5.40. The second-order valence-corrected chi connectivity index (χ2v) is 6.60. The Morgan fingerprint density at radius 3 is 1.56 bits per heavy atom. The summed E-state index contributed by atoms with van der Waals surface area (Å²) < 4.78 is 50.8. The maximum atomic E-state index is 10.6. The summed E-state index contributed by atoms with van der Waals surface area (Å²) in [6.07, 6.45) is 0. The van der Waals surface area contributed by atoms with E-state index in [2.05, 4.69) is 8.37 Å². The predicted octanol–water partition coefficient (Wildman–Crippen LogP) is 1.41. The van der Waals surface area contributed by atoms with Crippen molar-refractivity contribution in [3.05, 3.63) is 24.3 Å². The SMILES string of the molecule is O=S(=O)(Cl)Oc1cccc(OS(=O)(=O)Cl)c1. The van der Waals surface area contributed by atoms with Gasteiger partial charge >= 0.3 is 18.7 Å². The largest absolute Gasteiger partial charge is 0.401 e. The van der Waals surface area contributed by atoms with Gasteiger partial charge in [0.2, 0.25) is 0 Å². The third-order valence-electron chi connectivity index (χ3n) is 1.20. The normalized spacial score (nSPS) is 12.1. The van der Waals surface area contributed by atoms with E-state index in [1.54, 1.807) is 0 Å². The molecule has 0 saturated carbocycles. The zero-order chi connectivity index (χ0) is 12.4. The van der Waals surface area contributed by atoms with Gasteiger partial charge in [-0.2, -0.15) is 16.8 Å². The Kier molecular flexibility index (Phi) is 3.89. The summed E-state index contributed by atoms with van der Waals surface area (Å²) in [7, 11) is 1.23. The van der Waals surface area contributed by atoms with Crippen LogP contribution in [0.3, 0.4) is 0 Å². The molecule has 1 aromatic carbocycles. The minimum Gasteiger partial charge on any atom is -0.371 e. The summed E-state index contributed by atoms with van der Waals surface area (Å²) in [4.78, 5) is 0. The quantitative estimate of drug-likeness (QED) is 0.782. The van der Waals surface area contributed by atoms with Crippen LogP contribution in [0, 0.1) is 0 Å². The molecule has 0 aliphatic rings. The topological polar surface area (TPSA) is 86.7 Å². The second kappa shape index (κ2) is 4.66. The Bertz CT molecular complexity index is 530. The van der Waals surface area contributed by atoms with E-state index in [-0.39, 0.29) is 11.5 Å². The molecule has 0 heterocycles. The molecule has 0 unspecified atom stereocenters. The minimum atomic E-state index is -4.20. The number of hydrogen-bond acceptors (Lipinski definition) is 6. The van der Waals surface area contributed by atoms with Crippen LogP contribution < -0.4 is 8.37 Å². The summed E-state index contributed by atoms with van der Waals surface area (Å²) in [6, 6.07) is 4.79. The summed E-state index contributed by atoms with van der Waals surface area (Å²) >= 11 is 0. The Hall–Kier alpha value is -0.700. The molecule has 90 valence electrons. The Morgan fingerprint density at radius 1 is 0.875 bits per heavy atom. The van der Waals surface area contributed by atoms with E-state index in [1.165, 1.54) is 18.2 Å². The first-order chi connectivity index (χ1) is 7.16. The smallest absolute Gasteiger partial charge is 0.371 e. The molecule has 1 aromatic rings. The Labute approximate surface area is 101 Å². The van der Waals surface area contributed by atoms with Crippen LogP contribution in [0.1, 0.15) is 0 Å². The number of halogens is 2. The number of hydrogen-bond donors (Lipinski definition) is 0. The molecule has 0 fully saturated rings. The van der Waals surface area contributed by atoms with Crippen molar-refractivity contribution in [2.24, 2.45) is 0 Å². The Morgan fingerprint density at radius 2 is 1.25 bits per heavy atom. The average Bonchev–Trinajstić information content (AvgIpc) is 1.96. The fourth-order valence-corrected chi connectivity index (χ4v) is 1.91. The van der Waals surface area contributed by atoms with Gasteiger partial charge in [-0.3, -0.25) is 0 Å². The summed E-state index contributed by atoms with van der Waals surface area (Å²) in [5.41, 5.74) is 0. The van der Waals surface area contributed by atoms with Crippen LogP contribution in [-0.4, -0.2) is 16.8 Å². The fraction of sp³-hybridized carbons (Fsp3) is 0. The summed E-state index contributed by atoms with van der Waals surface area (Å²) in [5.74, 6) is -0.402. The van der Waals surface area contributed by atoms with Crippen LogP contribution in [0.15, 0.2) is 24.3 Å². The molecule has 16 heavy (non-hydrogen) atoms. The van der Waals surface area contributed by atoms with Crippen molar-refractivity contribution >= 4 is 40.0 Å². The number of rotatable bonds is 4. The van der Waals surface area contributed by atoms with Crippen molar-refractivity contribution in [1.29, 1.82) is 0 Å². The van der Waals surface area contributed by atoms with Crippen LogP contribution in [0.2, 0.25) is 0 Å². The standard InChI is InChI=1S/C6H4Cl2O6S2/c7-15(9,10)13-5-2-1-3-6(4-5)14-16(8,11)12/h1-4H. The summed E-state index contributed by atoms with van der Waals surface area (Å²) in [5, 5.41) is 0. The minimum absolute atomic E-state index is 0.201.